The van der Waals surface area contributed by atoms with Gasteiger partial charge < -0.3 is 25.3 Å². The highest BCUT2D eigenvalue weighted by molar-refractivity contribution is 5.81. The van der Waals surface area contributed by atoms with E-state index in [0.717, 1.165) is 30.8 Å². The van der Waals surface area contributed by atoms with Gasteiger partial charge in [-0.2, -0.15) is 9.97 Å². The average Bonchev–Trinajstić information content (AvgIpc) is 3.11. The Morgan fingerprint density at radius 2 is 1.82 bits per heavy atom. The van der Waals surface area contributed by atoms with Crippen LogP contribution < -0.4 is 16.2 Å². The normalized spacial score (nSPS) is 15.2. The Kier molecular flexibility index (Phi) is 6.90. The van der Waals surface area contributed by atoms with Gasteiger partial charge in [0.25, 0.3) is 0 Å². The second-order valence-electron chi connectivity index (χ2n) is 8.15. The molecule has 0 unspecified atom stereocenters. The van der Waals surface area contributed by atoms with E-state index < -0.39 is 5.97 Å². The van der Waals surface area contributed by atoms with Crippen LogP contribution in [0, 0.1) is 5.92 Å². The number of rotatable bonds is 9. The number of nitrogens with one attached hydrogen (secondary N) is 1. The van der Waals surface area contributed by atoms with Crippen molar-refractivity contribution in [3.8, 4) is 6.01 Å². The number of H-pyrrole nitrogens is 1. The molecule has 0 radical (unpaired) electrons. The number of aliphatic carboxylic acids is 1. The Morgan fingerprint density at radius 3 is 2.45 bits per heavy atom. The van der Waals surface area contributed by atoms with Crippen LogP contribution in [0.4, 0.5) is 5.82 Å². The zero-order valence-electron chi connectivity index (χ0n) is 18.5. The Hall–Kier alpha value is -3.44. The van der Waals surface area contributed by atoms with Crippen LogP contribution >= 0.6 is 0 Å². The van der Waals surface area contributed by atoms with E-state index in [1.165, 1.54) is 4.57 Å². The number of nitrogens with zero attached hydrogens (tertiary/aromatic N) is 4. The third-order valence-electron chi connectivity index (χ3n) is 5.86. The standard InChI is InChI=1S/C22H28N6O5/c1-32-10-11-33-21-25-18(23)17-19(26-21)28(22(31)24-17)13-15-4-2-14(3-5-15)12-27-8-6-16(7-9-27)20(29)30/h2-5,16H,6-13H2,1H3,(H,24,31)(H,29,30)(H2,23,25,26). The quantitative estimate of drug-likeness (QED) is 0.402. The molecule has 33 heavy (non-hydrogen) atoms. The largest absolute Gasteiger partial charge is 0.481 e. The molecule has 0 saturated carbocycles. The van der Waals surface area contributed by atoms with E-state index in [-0.39, 0.29) is 30.0 Å². The molecule has 1 aromatic carbocycles. The van der Waals surface area contributed by atoms with Gasteiger partial charge in [-0.15, -0.1) is 0 Å². The molecule has 0 atom stereocenters. The van der Waals surface area contributed by atoms with E-state index in [9.17, 15) is 9.59 Å². The lowest BCUT2D eigenvalue weighted by Gasteiger charge is -2.30. The number of fused-ring (bicyclic) bond motifs is 1. The van der Waals surface area contributed by atoms with Crippen LogP contribution in [0.2, 0.25) is 0 Å². The first-order valence-corrected chi connectivity index (χ1v) is 10.9. The third-order valence-corrected chi connectivity index (χ3v) is 5.86. The molecule has 1 aliphatic heterocycles. The molecule has 3 heterocycles. The number of piperidine rings is 1. The van der Waals surface area contributed by atoms with Gasteiger partial charge in [0.15, 0.2) is 11.5 Å². The van der Waals surface area contributed by atoms with E-state index in [1.54, 1.807) is 7.11 Å². The van der Waals surface area contributed by atoms with Gasteiger partial charge in [0.2, 0.25) is 0 Å². The van der Waals surface area contributed by atoms with Crippen LogP contribution in [0.1, 0.15) is 24.0 Å². The second kappa shape index (κ2) is 10.0. The molecule has 0 spiro atoms. The summed E-state index contributed by atoms with van der Waals surface area (Å²) in [5.41, 5.74) is 8.49. The number of carbonyl (C=O) groups is 1. The van der Waals surface area contributed by atoms with Crippen molar-refractivity contribution in [1.82, 2.24) is 24.4 Å². The number of carboxylic acids is 1. The molecular formula is C22H28N6O5. The first-order valence-electron chi connectivity index (χ1n) is 10.9. The lowest BCUT2D eigenvalue weighted by Crippen LogP contribution is -2.35. The molecule has 11 nitrogen and oxygen atoms in total. The van der Waals surface area contributed by atoms with E-state index in [1.807, 2.05) is 24.3 Å². The van der Waals surface area contributed by atoms with Gasteiger partial charge in [0.05, 0.1) is 19.1 Å². The summed E-state index contributed by atoms with van der Waals surface area (Å²) in [7, 11) is 1.57. The highest BCUT2D eigenvalue weighted by Gasteiger charge is 2.24. The fourth-order valence-corrected chi connectivity index (χ4v) is 3.99. The zero-order chi connectivity index (χ0) is 23.4. The first-order chi connectivity index (χ1) is 15.9. The number of aromatic nitrogens is 4. The summed E-state index contributed by atoms with van der Waals surface area (Å²) >= 11 is 0. The minimum Gasteiger partial charge on any atom is -0.481 e. The van der Waals surface area contributed by atoms with Crippen LogP contribution in [-0.2, 0) is 22.6 Å². The number of nitrogens with two attached hydrogens (primary N) is 1. The number of anilines is 1. The smallest absolute Gasteiger partial charge is 0.328 e. The Labute approximate surface area is 190 Å². The summed E-state index contributed by atoms with van der Waals surface area (Å²) < 4.78 is 11.9. The van der Waals surface area contributed by atoms with Crippen molar-refractivity contribution < 1.29 is 19.4 Å². The summed E-state index contributed by atoms with van der Waals surface area (Å²) in [4.78, 5) is 37.1. The average molecular weight is 457 g/mol. The summed E-state index contributed by atoms with van der Waals surface area (Å²) in [6.07, 6.45) is 1.36. The Morgan fingerprint density at radius 1 is 1.15 bits per heavy atom. The molecule has 1 saturated heterocycles. The van der Waals surface area contributed by atoms with Gasteiger partial charge >= 0.3 is 17.7 Å². The van der Waals surface area contributed by atoms with Crippen molar-refractivity contribution in [2.75, 3.05) is 39.1 Å². The molecule has 0 bridgehead atoms. The maximum Gasteiger partial charge on any atom is 0.328 e. The molecule has 0 amide bonds. The highest BCUT2D eigenvalue weighted by Crippen LogP contribution is 2.21. The van der Waals surface area contributed by atoms with Crippen LogP contribution in [0.3, 0.4) is 0 Å². The van der Waals surface area contributed by atoms with Crippen LogP contribution in [0.5, 0.6) is 6.01 Å². The van der Waals surface area contributed by atoms with Crippen molar-refractivity contribution in [1.29, 1.82) is 0 Å². The number of likely N-dealkylation sites (tertiary alicyclic amines) is 1. The zero-order valence-corrected chi connectivity index (χ0v) is 18.5. The molecular weight excluding hydrogens is 428 g/mol. The highest BCUT2D eigenvalue weighted by atomic mass is 16.5. The maximum absolute atomic E-state index is 12.5. The lowest BCUT2D eigenvalue weighted by molar-refractivity contribution is -0.143. The van der Waals surface area contributed by atoms with Crippen molar-refractivity contribution >= 4 is 23.0 Å². The van der Waals surface area contributed by atoms with Gasteiger partial charge in [-0.1, -0.05) is 24.3 Å². The van der Waals surface area contributed by atoms with Crippen molar-refractivity contribution in [2.24, 2.45) is 5.92 Å². The lowest BCUT2D eigenvalue weighted by atomic mass is 9.97. The Bertz CT molecular complexity index is 1160. The van der Waals surface area contributed by atoms with Gasteiger partial charge in [-0.25, -0.2) is 4.79 Å². The van der Waals surface area contributed by atoms with E-state index in [0.29, 0.717) is 37.2 Å². The topological polar surface area (TPSA) is 149 Å². The van der Waals surface area contributed by atoms with Crippen LogP contribution in [0.15, 0.2) is 29.1 Å². The summed E-state index contributed by atoms with van der Waals surface area (Å²) in [5, 5.41) is 9.14. The van der Waals surface area contributed by atoms with Crippen molar-refractivity contribution in [2.45, 2.75) is 25.9 Å². The minimum absolute atomic E-state index is 0.0896. The minimum atomic E-state index is -0.702. The number of carboxylic acid groups (broad SMARTS) is 1. The first kappa shape index (κ1) is 22.7. The van der Waals surface area contributed by atoms with Crippen LogP contribution in [-0.4, -0.2) is 68.9 Å². The van der Waals surface area contributed by atoms with E-state index in [2.05, 4.69) is 19.9 Å². The molecule has 1 aliphatic rings. The summed E-state index contributed by atoms with van der Waals surface area (Å²) in [5.74, 6) is -0.792. The van der Waals surface area contributed by atoms with E-state index >= 15 is 0 Å². The predicted molar refractivity (Wildman–Crippen MR) is 121 cm³/mol. The van der Waals surface area contributed by atoms with Gasteiger partial charge in [-0.05, 0) is 37.1 Å². The number of aromatic amines is 1. The number of hydrogen-bond donors (Lipinski definition) is 3. The number of benzene rings is 1. The van der Waals surface area contributed by atoms with Gasteiger partial charge in [-0.3, -0.25) is 14.3 Å². The van der Waals surface area contributed by atoms with Crippen LogP contribution in [0.25, 0.3) is 11.2 Å². The summed E-state index contributed by atoms with van der Waals surface area (Å²) in [6, 6.07) is 8.10. The molecule has 1 fully saturated rings. The van der Waals surface area contributed by atoms with Crippen molar-refractivity contribution in [3.05, 3.63) is 45.9 Å². The monoisotopic (exact) mass is 456 g/mol. The molecule has 0 aliphatic carbocycles. The number of hydrogen-bond acceptors (Lipinski definition) is 8. The number of nitrogen functional groups attached to an aromatic ring is 1. The van der Waals surface area contributed by atoms with Gasteiger partial charge in [0.1, 0.15) is 12.1 Å². The molecule has 176 valence electrons. The molecule has 4 N–H and O–H groups in total. The maximum atomic E-state index is 12.5. The SMILES string of the molecule is COCCOc1nc(N)c2[nH]c(=O)n(Cc3ccc(CN4CCC(C(=O)O)CC4)cc3)c2n1. The number of ether oxygens (including phenoxy) is 2. The Balaban J connectivity index is 1.45. The third kappa shape index (κ3) is 5.32. The number of methoxy groups -OCH3 is 1. The number of imidazole rings is 1. The second-order valence-corrected chi connectivity index (χ2v) is 8.15. The molecule has 2 aromatic heterocycles. The molecule has 3 aromatic rings. The summed E-state index contributed by atoms with van der Waals surface area (Å²) in [6.45, 7) is 3.29. The van der Waals surface area contributed by atoms with E-state index in [4.69, 9.17) is 20.3 Å². The molecule has 11 heteroatoms. The molecule has 4 rings (SSSR count). The fraction of sp³-hybridized carbons (Fsp3) is 0.455. The predicted octanol–water partition coefficient (Wildman–Crippen LogP) is 1.07. The fourth-order valence-electron chi connectivity index (χ4n) is 3.99. The van der Waals surface area contributed by atoms with Crippen molar-refractivity contribution in [3.63, 3.8) is 0 Å². The van der Waals surface area contributed by atoms with Gasteiger partial charge in [0, 0.05) is 13.7 Å².